The fourth-order valence-electron chi connectivity index (χ4n) is 2.82. The number of hydrogen-bond donors (Lipinski definition) is 1. The van der Waals surface area contributed by atoms with E-state index >= 15 is 0 Å². The summed E-state index contributed by atoms with van der Waals surface area (Å²) in [4.78, 5) is 37.4. The zero-order chi connectivity index (χ0) is 18.7. The van der Waals surface area contributed by atoms with Crippen LogP contribution < -0.4 is 15.4 Å². The minimum absolute atomic E-state index is 0.0538. The number of rotatable bonds is 6. The minimum Gasteiger partial charge on any atom is -0.485 e. The van der Waals surface area contributed by atoms with Gasteiger partial charge in [0.05, 0.1) is 5.56 Å². The Hall–Kier alpha value is -2.86. The minimum atomic E-state index is -0.690. The highest BCUT2D eigenvalue weighted by molar-refractivity contribution is 6.31. The van der Waals surface area contributed by atoms with Crippen LogP contribution in [-0.2, 0) is 4.79 Å². The number of anilines is 1. The molecular formula is C19H17ClN2O4. The highest BCUT2D eigenvalue weighted by Crippen LogP contribution is 2.24. The van der Waals surface area contributed by atoms with E-state index in [1.165, 1.54) is 12.1 Å². The van der Waals surface area contributed by atoms with E-state index in [4.69, 9.17) is 22.1 Å². The number of ketones is 1. The maximum atomic E-state index is 12.4. The molecule has 0 spiro atoms. The van der Waals surface area contributed by atoms with Gasteiger partial charge in [-0.2, -0.15) is 0 Å². The Morgan fingerprint density at radius 2 is 2.00 bits per heavy atom. The molecule has 2 N–H and O–H groups in total. The second kappa shape index (κ2) is 7.58. The predicted octanol–water partition coefficient (Wildman–Crippen LogP) is 2.83. The standard InChI is InChI=1S/C19H17ClN2O4/c20-13-6-7-17(15(10-13)19(21)25)26-11-16(23)12-3-1-4-14(9-12)22-8-2-5-18(22)24/h1,3-4,6-7,9-10H,2,5,8,11H2,(H2,21,25). The smallest absolute Gasteiger partial charge is 0.252 e. The van der Waals surface area contributed by atoms with Gasteiger partial charge in [0.15, 0.2) is 12.4 Å². The third-order valence-corrected chi connectivity index (χ3v) is 4.35. The van der Waals surface area contributed by atoms with Crippen molar-refractivity contribution in [2.24, 2.45) is 5.73 Å². The van der Waals surface area contributed by atoms with E-state index in [2.05, 4.69) is 0 Å². The van der Waals surface area contributed by atoms with Crippen LogP contribution >= 0.6 is 11.6 Å². The molecule has 134 valence electrons. The maximum Gasteiger partial charge on any atom is 0.252 e. The van der Waals surface area contributed by atoms with Crippen LogP contribution in [0.15, 0.2) is 42.5 Å². The molecule has 3 rings (SSSR count). The normalized spacial score (nSPS) is 13.7. The molecule has 6 nitrogen and oxygen atoms in total. The lowest BCUT2D eigenvalue weighted by molar-refractivity contribution is -0.117. The van der Waals surface area contributed by atoms with Crippen LogP contribution in [-0.4, -0.2) is 30.7 Å². The molecule has 1 aliphatic rings. The summed E-state index contributed by atoms with van der Waals surface area (Å²) >= 11 is 5.85. The summed E-state index contributed by atoms with van der Waals surface area (Å²) in [5, 5.41) is 0.348. The van der Waals surface area contributed by atoms with Crippen molar-refractivity contribution in [2.45, 2.75) is 12.8 Å². The Bertz CT molecular complexity index is 882. The van der Waals surface area contributed by atoms with Gasteiger partial charge < -0.3 is 15.4 Å². The quantitative estimate of drug-likeness (QED) is 0.789. The van der Waals surface area contributed by atoms with Crippen LogP contribution in [0.3, 0.4) is 0 Å². The Morgan fingerprint density at radius 3 is 2.69 bits per heavy atom. The Balaban J connectivity index is 1.73. The van der Waals surface area contributed by atoms with Crippen molar-refractivity contribution < 1.29 is 19.1 Å². The van der Waals surface area contributed by atoms with Crippen molar-refractivity contribution in [1.82, 2.24) is 0 Å². The number of primary amides is 1. The lowest BCUT2D eigenvalue weighted by Crippen LogP contribution is -2.24. The van der Waals surface area contributed by atoms with Crippen molar-refractivity contribution in [2.75, 3.05) is 18.1 Å². The highest BCUT2D eigenvalue weighted by Gasteiger charge is 2.22. The molecule has 0 atom stereocenters. The lowest BCUT2D eigenvalue weighted by atomic mass is 10.1. The van der Waals surface area contributed by atoms with Crippen molar-refractivity contribution in [3.05, 3.63) is 58.6 Å². The van der Waals surface area contributed by atoms with E-state index in [1.54, 1.807) is 35.2 Å². The summed E-state index contributed by atoms with van der Waals surface area (Å²) in [7, 11) is 0. The Labute approximate surface area is 155 Å². The number of ether oxygens (including phenoxy) is 1. The van der Waals surface area contributed by atoms with E-state index in [1.807, 2.05) is 0 Å². The molecule has 1 heterocycles. The molecule has 2 aromatic carbocycles. The van der Waals surface area contributed by atoms with Crippen molar-refractivity contribution >= 4 is 34.9 Å². The molecule has 1 aliphatic heterocycles. The number of hydrogen-bond acceptors (Lipinski definition) is 4. The molecule has 26 heavy (non-hydrogen) atoms. The molecule has 1 fully saturated rings. The van der Waals surface area contributed by atoms with Gasteiger partial charge in [-0.05, 0) is 36.8 Å². The van der Waals surface area contributed by atoms with Crippen LogP contribution in [0.2, 0.25) is 5.02 Å². The molecule has 2 aromatic rings. The first kappa shape index (κ1) is 17.9. The Kier molecular flexibility index (Phi) is 5.23. The first-order valence-electron chi connectivity index (χ1n) is 8.11. The third kappa shape index (κ3) is 3.86. The summed E-state index contributed by atoms with van der Waals surface area (Å²) in [5.74, 6) is -0.715. The number of benzene rings is 2. The summed E-state index contributed by atoms with van der Waals surface area (Å²) in [6.07, 6.45) is 1.33. The van der Waals surface area contributed by atoms with Crippen molar-refractivity contribution in [3.63, 3.8) is 0 Å². The number of Topliss-reactive ketones (excluding diaryl/α,β-unsaturated/α-hetero) is 1. The van der Waals surface area contributed by atoms with Crippen LogP contribution in [0.5, 0.6) is 5.75 Å². The number of carbonyl (C=O) groups is 3. The van der Waals surface area contributed by atoms with E-state index in [9.17, 15) is 14.4 Å². The van der Waals surface area contributed by atoms with Gasteiger partial charge >= 0.3 is 0 Å². The molecule has 0 unspecified atom stereocenters. The molecular weight excluding hydrogens is 356 g/mol. The summed E-state index contributed by atoms with van der Waals surface area (Å²) in [6.45, 7) is 0.388. The molecule has 0 aromatic heterocycles. The topological polar surface area (TPSA) is 89.7 Å². The second-order valence-corrected chi connectivity index (χ2v) is 6.35. The third-order valence-electron chi connectivity index (χ3n) is 4.12. The van der Waals surface area contributed by atoms with E-state index < -0.39 is 5.91 Å². The van der Waals surface area contributed by atoms with E-state index in [0.29, 0.717) is 29.2 Å². The van der Waals surface area contributed by atoms with E-state index in [0.717, 1.165) is 6.42 Å². The molecule has 0 aliphatic carbocycles. The largest absolute Gasteiger partial charge is 0.485 e. The number of halogens is 1. The fourth-order valence-corrected chi connectivity index (χ4v) is 2.99. The van der Waals surface area contributed by atoms with Gasteiger partial charge in [-0.25, -0.2) is 0 Å². The second-order valence-electron chi connectivity index (χ2n) is 5.92. The Morgan fingerprint density at radius 1 is 1.19 bits per heavy atom. The van der Waals surface area contributed by atoms with Crippen molar-refractivity contribution in [3.8, 4) is 5.75 Å². The van der Waals surface area contributed by atoms with E-state index in [-0.39, 0.29) is 29.6 Å². The van der Waals surface area contributed by atoms with Crippen LogP contribution in [0.25, 0.3) is 0 Å². The zero-order valence-corrected chi connectivity index (χ0v) is 14.7. The van der Waals surface area contributed by atoms with Crippen LogP contribution in [0.4, 0.5) is 5.69 Å². The number of carbonyl (C=O) groups excluding carboxylic acids is 3. The summed E-state index contributed by atoms with van der Waals surface area (Å²) < 4.78 is 5.47. The molecule has 0 bridgehead atoms. The molecule has 1 saturated heterocycles. The van der Waals surface area contributed by atoms with Crippen LogP contribution in [0, 0.1) is 0 Å². The zero-order valence-electron chi connectivity index (χ0n) is 13.9. The lowest BCUT2D eigenvalue weighted by Gasteiger charge is -2.16. The average Bonchev–Trinajstić information content (AvgIpc) is 3.06. The highest BCUT2D eigenvalue weighted by atomic mass is 35.5. The monoisotopic (exact) mass is 372 g/mol. The first-order chi connectivity index (χ1) is 12.5. The van der Waals surface area contributed by atoms with Crippen LogP contribution in [0.1, 0.15) is 33.6 Å². The van der Waals surface area contributed by atoms with Gasteiger partial charge in [0.1, 0.15) is 5.75 Å². The molecule has 2 amide bonds. The SMILES string of the molecule is NC(=O)c1cc(Cl)ccc1OCC(=O)c1cccc(N2CCCC2=O)c1. The number of nitrogens with zero attached hydrogens (tertiary/aromatic N) is 1. The number of amides is 2. The summed E-state index contributed by atoms with van der Waals surface area (Å²) in [5.41, 5.74) is 6.54. The van der Waals surface area contributed by atoms with Crippen molar-refractivity contribution in [1.29, 1.82) is 0 Å². The predicted molar refractivity (Wildman–Crippen MR) is 97.8 cm³/mol. The van der Waals surface area contributed by atoms with Gasteiger partial charge in [0.25, 0.3) is 5.91 Å². The average molecular weight is 373 g/mol. The first-order valence-corrected chi connectivity index (χ1v) is 8.49. The van der Waals surface area contributed by atoms with Gasteiger partial charge in [0.2, 0.25) is 5.91 Å². The summed E-state index contributed by atoms with van der Waals surface area (Å²) in [6, 6.07) is 11.3. The molecule has 7 heteroatoms. The van der Waals surface area contributed by atoms with Gasteiger partial charge in [-0.1, -0.05) is 23.7 Å². The maximum absolute atomic E-state index is 12.4. The fraction of sp³-hybridized carbons (Fsp3) is 0.211. The van der Waals surface area contributed by atoms with Gasteiger partial charge in [0, 0.05) is 29.2 Å². The molecule has 0 saturated carbocycles. The number of nitrogens with two attached hydrogens (primary N) is 1. The van der Waals surface area contributed by atoms with Gasteiger partial charge in [-0.15, -0.1) is 0 Å². The van der Waals surface area contributed by atoms with Gasteiger partial charge in [-0.3, -0.25) is 14.4 Å². The molecule has 0 radical (unpaired) electrons.